The van der Waals surface area contributed by atoms with E-state index in [1.807, 2.05) is 0 Å². The first-order chi connectivity index (χ1) is 18.6. The molecule has 1 N–H and O–H groups in total. The van der Waals surface area contributed by atoms with Crippen LogP contribution in [0.2, 0.25) is 16.6 Å². The second-order valence-corrected chi connectivity index (χ2v) is 19.9. The molecule has 1 aromatic carbocycles. The molecule has 0 amide bonds. The molecule has 3 heterocycles. The molecule has 1 spiro atoms. The zero-order chi connectivity index (χ0) is 27.3. The molecule has 2 saturated carbocycles. The molecule has 2 bridgehead atoms. The molecule has 4 fully saturated rings. The van der Waals surface area contributed by atoms with Gasteiger partial charge in [-0.25, -0.2) is 0 Å². The lowest BCUT2D eigenvalue weighted by Crippen LogP contribution is -2.77. The van der Waals surface area contributed by atoms with Gasteiger partial charge in [0.2, 0.25) is 0 Å². The molecule has 2 saturated heterocycles. The summed E-state index contributed by atoms with van der Waals surface area (Å²) in [4.78, 5) is 2.64. The average Bonchev–Trinajstić information content (AvgIpc) is 3.38. The molecule has 6 nitrogen and oxygen atoms in total. The van der Waals surface area contributed by atoms with Gasteiger partial charge in [0.25, 0.3) is 8.32 Å². The Morgan fingerprint density at radius 1 is 1.00 bits per heavy atom. The van der Waals surface area contributed by atoms with Gasteiger partial charge in [-0.15, -0.1) is 0 Å². The number of hydrogen-bond acceptors (Lipinski definition) is 6. The van der Waals surface area contributed by atoms with Gasteiger partial charge in [0.15, 0.2) is 12.0 Å². The van der Waals surface area contributed by atoms with Gasteiger partial charge in [0.1, 0.15) is 11.9 Å². The van der Waals surface area contributed by atoms with E-state index in [0.29, 0.717) is 29.8 Å². The van der Waals surface area contributed by atoms with Crippen LogP contribution in [0.15, 0.2) is 12.1 Å². The van der Waals surface area contributed by atoms with Crippen LogP contribution in [0.4, 0.5) is 0 Å². The minimum atomic E-state index is -2.19. The number of hydrogen-bond donors (Lipinski definition) is 1. The second kappa shape index (κ2) is 9.19. The predicted octanol–water partition coefficient (Wildman–Crippen LogP) is 5.79. The van der Waals surface area contributed by atoms with E-state index in [-0.39, 0.29) is 24.4 Å². The van der Waals surface area contributed by atoms with Crippen molar-refractivity contribution in [1.29, 1.82) is 0 Å². The molecule has 216 valence electrons. The molecular weight excluding hydrogens is 506 g/mol. The van der Waals surface area contributed by atoms with Crippen molar-refractivity contribution >= 4 is 8.32 Å². The summed E-state index contributed by atoms with van der Waals surface area (Å²) in [6.45, 7) is 17.5. The maximum Gasteiger partial charge on any atom is 0.258 e. The third kappa shape index (κ3) is 3.58. The highest BCUT2D eigenvalue weighted by Gasteiger charge is 2.74. The van der Waals surface area contributed by atoms with Crippen molar-refractivity contribution in [2.24, 2.45) is 11.8 Å². The fourth-order valence-electron chi connectivity index (χ4n) is 10.0. The summed E-state index contributed by atoms with van der Waals surface area (Å²) < 4.78 is 26.7. The summed E-state index contributed by atoms with van der Waals surface area (Å²) in [6.07, 6.45) is 5.73. The van der Waals surface area contributed by atoms with Crippen LogP contribution < -0.4 is 9.16 Å². The van der Waals surface area contributed by atoms with Gasteiger partial charge in [0.05, 0.1) is 24.2 Å². The highest BCUT2D eigenvalue weighted by molar-refractivity contribution is 6.78. The van der Waals surface area contributed by atoms with E-state index in [1.165, 1.54) is 24.0 Å². The zero-order valence-electron chi connectivity index (χ0n) is 24.9. The second-order valence-electron chi connectivity index (χ2n) is 14.5. The standard InChI is InChI=1S/C32H49NO5Si/c1-19(2)39(20(3)4,21(5)6)38-25-10-9-23-17-26-32(34)12-11-24(30-35-15-16-36-30)29-31(32,27(23)28(25)37-29)13-14-33(26)18-22-7-8-22/h9-10,19-22,24,26,29-30,34H,7-8,11-18H2,1-6H3/t24?,26-,29+,31+,32?/m1/s1. The molecule has 0 aromatic heterocycles. The first-order valence-electron chi connectivity index (χ1n) is 15.8. The first kappa shape index (κ1) is 26.8. The highest BCUT2D eigenvalue weighted by Crippen LogP contribution is 2.67. The third-order valence-corrected chi connectivity index (χ3v) is 17.8. The van der Waals surface area contributed by atoms with E-state index in [9.17, 15) is 5.11 Å². The minimum Gasteiger partial charge on any atom is -0.540 e. The normalized spacial score (nSPS) is 36.1. The van der Waals surface area contributed by atoms with Crippen LogP contribution in [0.5, 0.6) is 11.5 Å². The number of aliphatic hydroxyl groups is 1. The topological polar surface area (TPSA) is 60.4 Å². The van der Waals surface area contributed by atoms with Crippen molar-refractivity contribution in [3.63, 3.8) is 0 Å². The highest BCUT2D eigenvalue weighted by atomic mass is 28.4. The van der Waals surface area contributed by atoms with Gasteiger partial charge in [-0.1, -0.05) is 47.6 Å². The largest absolute Gasteiger partial charge is 0.540 e. The lowest BCUT2D eigenvalue weighted by atomic mass is 9.47. The van der Waals surface area contributed by atoms with Crippen LogP contribution >= 0.6 is 0 Å². The van der Waals surface area contributed by atoms with Crippen LogP contribution in [-0.2, 0) is 21.3 Å². The fraction of sp³-hybridized carbons (Fsp3) is 0.812. The van der Waals surface area contributed by atoms with Crippen LogP contribution in [0.3, 0.4) is 0 Å². The summed E-state index contributed by atoms with van der Waals surface area (Å²) in [5.41, 5.74) is 2.80. The first-order valence-corrected chi connectivity index (χ1v) is 18.0. The van der Waals surface area contributed by atoms with E-state index in [2.05, 4.69) is 58.6 Å². The molecule has 5 atom stereocenters. The van der Waals surface area contributed by atoms with Crippen molar-refractivity contribution in [2.45, 2.75) is 126 Å². The van der Waals surface area contributed by atoms with E-state index < -0.39 is 19.3 Å². The number of rotatable bonds is 8. The molecule has 7 rings (SSSR count). The Balaban J connectivity index is 1.37. The molecule has 6 aliphatic rings. The number of ether oxygens (including phenoxy) is 3. The lowest BCUT2D eigenvalue weighted by molar-refractivity contribution is -0.224. The van der Waals surface area contributed by atoms with Gasteiger partial charge >= 0.3 is 0 Å². The minimum absolute atomic E-state index is 0.108. The quantitative estimate of drug-likeness (QED) is 0.410. The summed E-state index contributed by atoms with van der Waals surface area (Å²) in [6, 6.07) is 4.67. The summed E-state index contributed by atoms with van der Waals surface area (Å²) >= 11 is 0. The van der Waals surface area contributed by atoms with Gasteiger partial charge in [-0.2, -0.15) is 0 Å². The Labute approximate surface area is 235 Å². The summed E-state index contributed by atoms with van der Waals surface area (Å²) in [5, 5.41) is 12.9. The Morgan fingerprint density at radius 3 is 2.33 bits per heavy atom. The van der Waals surface area contributed by atoms with Gasteiger partial charge in [0, 0.05) is 24.1 Å². The van der Waals surface area contributed by atoms with E-state index in [4.69, 9.17) is 18.6 Å². The number of likely N-dealkylation sites (tertiary alicyclic amines) is 1. The molecule has 1 aromatic rings. The molecule has 39 heavy (non-hydrogen) atoms. The van der Waals surface area contributed by atoms with Crippen LogP contribution in [-0.4, -0.2) is 68.7 Å². The molecule has 2 unspecified atom stereocenters. The maximum absolute atomic E-state index is 12.9. The van der Waals surface area contributed by atoms with Crippen molar-refractivity contribution in [3.8, 4) is 11.5 Å². The van der Waals surface area contributed by atoms with Crippen molar-refractivity contribution in [3.05, 3.63) is 23.3 Å². The lowest BCUT2D eigenvalue weighted by Gasteiger charge is -2.64. The summed E-state index contributed by atoms with van der Waals surface area (Å²) in [7, 11) is -2.19. The van der Waals surface area contributed by atoms with Gasteiger partial charge < -0.3 is 23.7 Å². The monoisotopic (exact) mass is 555 g/mol. The van der Waals surface area contributed by atoms with Crippen LogP contribution in [0.25, 0.3) is 0 Å². The van der Waals surface area contributed by atoms with Crippen LogP contribution in [0.1, 0.15) is 84.8 Å². The van der Waals surface area contributed by atoms with Crippen molar-refractivity contribution < 1.29 is 23.7 Å². The molecule has 3 aliphatic heterocycles. The Morgan fingerprint density at radius 2 is 1.69 bits per heavy atom. The number of benzene rings is 1. The van der Waals surface area contributed by atoms with E-state index >= 15 is 0 Å². The third-order valence-electron chi connectivity index (χ3n) is 11.8. The van der Waals surface area contributed by atoms with E-state index in [0.717, 1.165) is 56.2 Å². The van der Waals surface area contributed by atoms with Gasteiger partial charge in [-0.3, -0.25) is 4.90 Å². The van der Waals surface area contributed by atoms with Gasteiger partial charge in [-0.05, 0) is 79.2 Å². The Kier molecular flexibility index (Phi) is 6.30. The maximum atomic E-state index is 12.9. The van der Waals surface area contributed by atoms with Crippen molar-refractivity contribution in [2.75, 3.05) is 26.3 Å². The predicted molar refractivity (Wildman–Crippen MR) is 154 cm³/mol. The SMILES string of the molecule is CC(C)[Si](Oc1ccc2c3c1O[C@H]1C(C4OCCO4)CCC4(O)[C@@H](C2)N(CC2CC2)CC[C@]314)(C(C)C)C(C)C. The smallest absolute Gasteiger partial charge is 0.258 e. The number of piperidine rings is 1. The van der Waals surface area contributed by atoms with Crippen LogP contribution in [0, 0.1) is 11.8 Å². The zero-order valence-corrected chi connectivity index (χ0v) is 25.9. The number of nitrogens with zero attached hydrogens (tertiary/aromatic N) is 1. The van der Waals surface area contributed by atoms with Crippen molar-refractivity contribution in [1.82, 2.24) is 4.90 Å². The molecule has 7 heteroatoms. The average molecular weight is 556 g/mol. The Hall–Kier alpha value is -1.12. The molecule has 3 aliphatic carbocycles. The molecule has 0 radical (unpaired) electrons. The fourth-order valence-corrected chi connectivity index (χ4v) is 15.3. The van der Waals surface area contributed by atoms with E-state index in [1.54, 1.807) is 0 Å². The summed E-state index contributed by atoms with van der Waals surface area (Å²) in [5.74, 6) is 2.75. The molecular formula is C32H49NO5Si. The Bertz CT molecular complexity index is 1090.